The third kappa shape index (κ3) is 3.61. The Morgan fingerprint density at radius 2 is 0.946 bits per heavy atom. The second-order valence-corrected chi connectivity index (χ2v) is 12.1. The molecule has 1 heterocycles. The Kier molecular flexibility index (Phi) is 5.09. The van der Waals surface area contributed by atoms with Crippen LogP contribution in [0.15, 0.2) is 144 Å². The summed E-state index contributed by atoms with van der Waals surface area (Å²) in [4.78, 5) is 0. The smallest absolute Gasteiger partial charge is 0.171 e. The van der Waals surface area contributed by atoms with Crippen LogP contribution in [0.4, 0.5) is 0 Å². The van der Waals surface area contributed by atoms with Gasteiger partial charge in [-0.15, -0.1) is 0 Å². The fourth-order valence-electron chi connectivity index (χ4n) is 5.23. The molecule has 6 aromatic carbocycles. The van der Waals surface area contributed by atoms with E-state index >= 15 is 0 Å². The maximum Gasteiger partial charge on any atom is 0.171 e. The zero-order valence-electron chi connectivity index (χ0n) is 20.0. The van der Waals surface area contributed by atoms with Crippen molar-refractivity contribution in [2.75, 3.05) is 0 Å². The zero-order valence-corrected chi connectivity index (χ0v) is 20.9. The van der Waals surface area contributed by atoms with Crippen LogP contribution in [0.3, 0.4) is 0 Å². The van der Waals surface area contributed by atoms with Crippen molar-refractivity contribution in [1.29, 1.82) is 0 Å². The van der Waals surface area contributed by atoms with Gasteiger partial charge in [0.15, 0.2) is 7.14 Å². The van der Waals surface area contributed by atoms with E-state index in [9.17, 15) is 4.57 Å². The summed E-state index contributed by atoms with van der Waals surface area (Å²) in [6, 6.07) is 46.8. The minimum atomic E-state index is -2.99. The van der Waals surface area contributed by atoms with Crippen LogP contribution in [0.5, 0.6) is 0 Å². The highest BCUT2D eigenvalue weighted by Crippen LogP contribution is 2.43. The van der Waals surface area contributed by atoms with Gasteiger partial charge in [0.2, 0.25) is 0 Å². The van der Waals surface area contributed by atoms with Gasteiger partial charge in [-0.3, -0.25) is 0 Å². The van der Waals surface area contributed by atoms with Crippen molar-refractivity contribution in [2.45, 2.75) is 0 Å². The quantitative estimate of drug-likeness (QED) is 0.232. The molecule has 0 saturated heterocycles. The van der Waals surface area contributed by atoms with Crippen molar-refractivity contribution in [3.05, 3.63) is 140 Å². The summed E-state index contributed by atoms with van der Waals surface area (Å²) in [7, 11) is -2.99. The second kappa shape index (κ2) is 8.62. The molecule has 0 atom stereocenters. The van der Waals surface area contributed by atoms with Gasteiger partial charge in [-0.2, -0.15) is 0 Å². The highest BCUT2D eigenvalue weighted by atomic mass is 31.2. The van der Waals surface area contributed by atoms with Crippen molar-refractivity contribution in [3.63, 3.8) is 0 Å². The van der Waals surface area contributed by atoms with Crippen molar-refractivity contribution in [1.82, 2.24) is 0 Å². The van der Waals surface area contributed by atoms with E-state index < -0.39 is 7.14 Å². The van der Waals surface area contributed by atoms with Gasteiger partial charge < -0.3 is 8.98 Å². The molecule has 176 valence electrons. The van der Waals surface area contributed by atoms with E-state index in [0.29, 0.717) is 0 Å². The van der Waals surface area contributed by atoms with Crippen LogP contribution in [0.2, 0.25) is 0 Å². The minimum Gasteiger partial charge on any atom is -0.456 e. The number of benzene rings is 6. The summed E-state index contributed by atoms with van der Waals surface area (Å²) < 4.78 is 20.8. The van der Waals surface area contributed by atoms with Gasteiger partial charge in [-0.1, -0.05) is 115 Å². The van der Waals surface area contributed by atoms with E-state index in [-0.39, 0.29) is 0 Å². The Balaban J connectivity index is 1.33. The second-order valence-electron chi connectivity index (χ2n) is 9.34. The summed E-state index contributed by atoms with van der Waals surface area (Å²) in [6.45, 7) is 0. The largest absolute Gasteiger partial charge is 0.456 e. The summed E-state index contributed by atoms with van der Waals surface area (Å²) in [6.07, 6.45) is 0. The summed E-state index contributed by atoms with van der Waals surface area (Å²) in [5.74, 6) is 0. The zero-order chi connectivity index (χ0) is 24.8. The molecule has 0 aliphatic rings. The SMILES string of the molecule is O=P(c1ccccc1)(c1ccccc1)c1ccc(-c2ccc3oc4cc5ccccc5cc4c3c2)cc1. The molecular formula is C34H23O2P. The first-order valence-corrected chi connectivity index (χ1v) is 14.1. The Hall–Kier alpha value is -4.39. The third-order valence-corrected chi connectivity index (χ3v) is 10.2. The van der Waals surface area contributed by atoms with Gasteiger partial charge in [0.1, 0.15) is 11.2 Å². The van der Waals surface area contributed by atoms with Gasteiger partial charge in [-0.05, 0) is 46.2 Å². The lowest BCUT2D eigenvalue weighted by atomic mass is 10.0. The summed E-state index contributed by atoms with van der Waals surface area (Å²) in [5.41, 5.74) is 3.95. The molecule has 0 radical (unpaired) electrons. The molecule has 1 aromatic heterocycles. The fraction of sp³-hybridized carbons (Fsp3) is 0. The number of hydrogen-bond acceptors (Lipinski definition) is 2. The molecule has 0 unspecified atom stereocenters. The molecule has 7 rings (SSSR count). The molecule has 3 heteroatoms. The highest BCUT2D eigenvalue weighted by Gasteiger charge is 2.29. The number of rotatable bonds is 4. The molecule has 0 fully saturated rings. The standard InChI is InChI=1S/C34H23O2P/c35-37(28-11-3-1-4-12-28,29-13-5-2-6-14-29)30-18-15-24(16-19-30)27-17-20-33-31(22-27)32-21-25-9-7-8-10-26(25)23-34(32)36-33/h1-23H. The normalized spacial score (nSPS) is 11.9. The number of fused-ring (bicyclic) bond motifs is 4. The Morgan fingerprint density at radius 1 is 0.432 bits per heavy atom. The van der Waals surface area contributed by atoms with Crippen LogP contribution in [0.25, 0.3) is 43.8 Å². The molecule has 37 heavy (non-hydrogen) atoms. The fourth-order valence-corrected chi connectivity index (χ4v) is 7.88. The Bertz CT molecular complexity index is 1890. The molecule has 0 bridgehead atoms. The molecule has 2 nitrogen and oxygen atoms in total. The molecule has 0 saturated carbocycles. The van der Waals surface area contributed by atoms with E-state index in [1.165, 1.54) is 10.8 Å². The maximum atomic E-state index is 14.6. The Morgan fingerprint density at radius 3 is 1.59 bits per heavy atom. The lowest BCUT2D eigenvalue weighted by molar-refractivity contribution is 0.592. The van der Waals surface area contributed by atoms with E-state index in [4.69, 9.17) is 4.42 Å². The average molecular weight is 495 g/mol. The molecular weight excluding hydrogens is 471 g/mol. The lowest BCUT2D eigenvalue weighted by Crippen LogP contribution is -2.24. The number of hydrogen-bond donors (Lipinski definition) is 0. The van der Waals surface area contributed by atoms with E-state index in [0.717, 1.165) is 49.0 Å². The maximum absolute atomic E-state index is 14.6. The highest BCUT2D eigenvalue weighted by molar-refractivity contribution is 7.85. The predicted molar refractivity (Wildman–Crippen MR) is 156 cm³/mol. The first-order chi connectivity index (χ1) is 18.2. The minimum absolute atomic E-state index is 0.829. The van der Waals surface area contributed by atoms with Gasteiger partial charge >= 0.3 is 0 Å². The monoisotopic (exact) mass is 494 g/mol. The number of furan rings is 1. The summed E-state index contributed by atoms with van der Waals surface area (Å²) >= 11 is 0. The van der Waals surface area contributed by atoms with E-state index in [2.05, 4.69) is 54.6 Å². The molecule has 0 amide bonds. The van der Waals surface area contributed by atoms with Crippen molar-refractivity contribution in [3.8, 4) is 11.1 Å². The van der Waals surface area contributed by atoms with Gasteiger partial charge in [-0.25, -0.2) is 0 Å². The van der Waals surface area contributed by atoms with Gasteiger partial charge in [0.05, 0.1) is 0 Å². The van der Waals surface area contributed by atoms with Crippen LogP contribution in [0.1, 0.15) is 0 Å². The predicted octanol–water partition coefficient (Wildman–Crippen LogP) is 8.05. The molecule has 0 aliphatic carbocycles. The molecule has 7 aromatic rings. The van der Waals surface area contributed by atoms with E-state index in [1.807, 2.05) is 84.9 Å². The first-order valence-electron chi connectivity index (χ1n) is 12.4. The lowest BCUT2D eigenvalue weighted by Gasteiger charge is -2.20. The first kappa shape index (κ1) is 21.9. The Labute approximate surface area is 215 Å². The topological polar surface area (TPSA) is 30.2 Å². The summed E-state index contributed by atoms with van der Waals surface area (Å²) in [5, 5.41) is 7.09. The van der Waals surface area contributed by atoms with Crippen molar-refractivity contribution >= 4 is 55.8 Å². The van der Waals surface area contributed by atoms with Gasteiger partial charge in [0, 0.05) is 26.7 Å². The van der Waals surface area contributed by atoms with Gasteiger partial charge in [0.25, 0.3) is 0 Å². The third-order valence-electron chi connectivity index (χ3n) is 7.14. The molecule has 0 N–H and O–H groups in total. The van der Waals surface area contributed by atoms with Crippen LogP contribution < -0.4 is 15.9 Å². The van der Waals surface area contributed by atoms with Crippen LogP contribution in [0, 0.1) is 0 Å². The van der Waals surface area contributed by atoms with Crippen LogP contribution in [-0.2, 0) is 4.57 Å². The van der Waals surface area contributed by atoms with Crippen LogP contribution in [-0.4, -0.2) is 0 Å². The molecule has 0 spiro atoms. The van der Waals surface area contributed by atoms with Crippen LogP contribution >= 0.6 is 7.14 Å². The van der Waals surface area contributed by atoms with E-state index in [1.54, 1.807) is 0 Å². The van der Waals surface area contributed by atoms with Crippen molar-refractivity contribution < 1.29 is 8.98 Å². The average Bonchev–Trinajstić information content (AvgIpc) is 3.33. The molecule has 0 aliphatic heterocycles. The van der Waals surface area contributed by atoms with Crippen molar-refractivity contribution in [2.24, 2.45) is 0 Å².